The molecule has 1 aromatic heterocycles. The Morgan fingerprint density at radius 2 is 1.68 bits per heavy atom. The monoisotopic (exact) mass is 356 g/mol. The standard InChI is InChI=1S/C17H19F3N2O3/c1-23-15-7-12(3-5-14(15)25-11-17(18,19)20)8-21-9-13-4-6-16(24-2)22-10-13/h3-7,10,21H,8-9,11H2,1-2H3. The molecule has 0 fully saturated rings. The number of hydrogen-bond donors (Lipinski definition) is 1. The van der Waals surface area contributed by atoms with Gasteiger partial charge in [0.2, 0.25) is 5.88 Å². The van der Waals surface area contributed by atoms with Crippen LogP contribution in [0.5, 0.6) is 17.4 Å². The number of methoxy groups -OCH3 is 2. The van der Waals surface area contributed by atoms with Gasteiger partial charge < -0.3 is 19.5 Å². The van der Waals surface area contributed by atoms with Gasteiger partial charge in [0.15, 0.2) is 18.1 Å². The van der Waals surface area contributed by atoms with Crippen LogP contribution in [-0.2, 0) is 13.1 Å². The van der Waals surface area contributed by atoms with Crippen LogP contribution in [0.3, 0.4) is 0 Å². The van der Waals surface area contributed by atoms with Gasteiger partial charge in [-0.15, -0.1) is 0 Å². The molecule has 0 spiro atoms. The maximum atomic E-state index is 12.2. The van der Waals surface area contributed by atoms with Gasteiger partial charge in [-0.25, -0.2) is 4.98 Å². The molecule has 0 unspecified atom stereocenters. The normalized spacial score (nSPS) is 11.2. The first-order valence-electron chi connectivity index (χ1n) is 7.47. The maximum absolute atomic E-state index is 12.2. The van der Waals surface area contributed by atoms with E-state index in [1.165, 1.54) is 13.2 Å². The minimum atomic E-state index is -4.39. The summed E-state index contributed by atoms with van der Waals surface area (Å²) in [5, 5.41) is 3.23. The van der Waals surface area contributed by atoms with Crippen molar-refractivity contribution in [3.05, 3.63) is 47.7 Å². The van der Waals surface area contributed by atoms with E-state index in [4.69, 9.17) is 14.2 Å². The van der Waals surface area contributed by atoms with Gasteiger partial charge in [-0.1, -0.05) is 12.1 Å². The molecule has 0 saturated carbocycles. The highest BCUT2D eigenvalue weighted by molar-refractivity contribution is 5.43. The zero-order valence-corrected chi connectivity index (χ0v) is 13.9. The molecule has 136 valence electrons. The van der Waals surface area contributed by atoms with E-state index in [1.54, 1.807) is 31.5 Å². The lowest BCUT2D eigenvalue weighted by molar-refractivity contribution is -0.153. The molecule has 0 aliphatic carbocycles. The van der Waals surface area contributed by atoms with Crippen LogP contribution in [0.15, 0.2) is 36.5 Å². The molecule has 0 radical (unpaired) electrons. The van der Waals surface area contributed by atoms with Crippen LogP contribution in [0.25, 0.3) is 0 Å². The van der Waals surface area contributed by atoms with Crippen molar-refractivity contribution in [2.24, 2.45) is 0 Å². The average Bonchev–Trinajstić information content (AvgIpc) is 2.60. The molecule has 2 aromatic rings. The van der Waals surface area contributed by atoms with Crippen molar-refractivity contribution in [3.8, 4) is 17.4 Å². The molecular formula is C17H19F3N2O3. The Kier molecular flexibility index (Phi) is 6.46. The van der Waals surface area contributed by atoms with Gasteiger partial charge >= 0.3 is 6.18 Å². The molecule has 0 bridgehead atoms. The summed E-state index contributed by atoms with van der Waals surface area (Å²) in [6, 6.07) is 8.47. The predicted molar refractivity (Wildman–Crippen MR) is 85.9 cm³/mol. The van der Waals surface area contributed by atoms with E-state index < -0.39 is 12.8 Å². The molecule has 0 aliphatic heterocycles. The van der Waals surface area contributed by atoms with Crippen molar-refractivity contribution < 1.29 is 27.4 Å². The van der Waals surface area contributed by atoms with Crippen LogP contribution in [-0.4, -0.2) is 32.0 Å². The third-order valence-electron chi connectivity index (χ3n) is 3.28. The number of hydrogen-bond acceptors (Lipinski definition) is 5. The Morgan fingerprint density at radius 3 is 2.28 bits per heavy atom. The Labute approximate surface area is 143 Å². The van der Waals surface area contributed by atoms with Gasteiger partial charge in [0, 0.05) is 25.4 Å². The summed E-state index contributed by atoms with van der Waals surface area (Å²) in [5.41, 5.74) is 1.84. The van der Waals surface area contributed by atoms with Crippen LogP contribution < -0.4 is 19.5 Å². The van der Waals surface area contributed by atoms with Crippen LogP contribution in [0.2, 0.25) is 0 Å². The zero-order valence-electron chi connectivity index (χ0n) is 13.9. The van der Waals surface area contributed by atoms with E-state index in [-0.39, 0.29) is 11.5 Å². The minimum absolute atomic E-state index is 0.0583. The Bertz CT molecular complexity index is 676. The van der Waals surface area contributed by atoms with Gasteiger partial charge in [-0.05, 0) is 23.3 Å². The van der Waals surface area contributed by atoms with Crippen molar-refractivity contribution in [1.29, 1.82) is 0 Å². The smallest absolute Gasteiger partial charge is 0.422 e. The highest BCUT2D eigenvalue weighted by atomic mass is 19.4. The first kappa shape index (κ1) is 18.9. The molecule has 1 N–H and O–H groups in total. The molecule has 5 nitrogen and oxygen atoms in total. The van der Waals surface area contributed by atoms with E-state index in [0.717, 1.165) is 11.1 Å². The zero-order chi connectivity index (χ0) is 18.3. The lowest BCUT2D eigenvalue weighted by atomic mass is 10.2. The van der Waals surface area contributed by atoms with Crippen molar-refractivity contribution >= 4 is 0 Å². The second-order valence-electron chi connectivity index (χ2n) is 5.20. The lowest BCUT2D eigenvalue weighted by Crippen LogP contribution is -2.19. The van der Waals surface area contributed by atoms with Crippen molar-refractivity contribution in [2.45, 2.75) is 19.3 Å². The summed E-state index contributed by atoms with van der Waals surface area (Å²) < 4.78 is 51.6. The highest BCUT2D eigenvalue weighted by Crippen LogP contribution is 2.29. The van der Waals surface area contributed by atoms with E-state index in [1.807, 2.05) is 6.07 Å². The number of benzene rings is 1. The summed E-state index contributed by atoms with van der Waals surface area (Å²) in [7, 11) is 2.94. The van der Waals surface area contributed by atoms with E-state index in [2.05, 4.69) is 10.3 Å². The molecule has 2 rings (SSSR count). The number of ether oxygens (including phenoxy) is 3. The van der Waals surface area contributed by atoms with Gasteiger partial charge in [-0.3, -0.25) is 0 Å². The van der Waals surface area contributed by atoms with Crippen LogP contribution >= 0.6 is 0 Å². The van der Waals surface area contributed by atoms with Crippen LogP contribution in [0.1, 0.15) is 11.1 Å². The summed E-state index contributed by atoms with van der Waals surface area (Å²) in [4.78, 5) is 4.11. The highest BCUT2D eigenvalue weighted by Gasteiger charge is 2.29. The predicted octanol–water partition coefficient (Wildman–Crippen LogP) is 3.33. The number of aromatic nitrogens is 1. The Balaban J connectivity index is 1.91. The second-order valence-corrected chi connectivity index (χ2v) is 5.20. The van der Waals surface area contributed by atoms with E-state index >= 15 is 0 Å². The molecule has 1 heterocycles. The van der Waals surface area contributed by atoms with Gasteiger partial charge in [0.1, 0.15) is 0 Å². The fraction of sp³-hybridized carbons (Fsp3) is 0.353. The third-order valence-corrected chi connectivity index (χ3v) is 3.28. The molecular weight excluding hydrogens is 337 g/mol. The lowest BCUT2D eigenvalue weighted by Gasteiger charge is -2.14. The molecule has 0 saturated heterocycles. The molecule has 0 aliphatic rings. The molecule has 0 amide bonds. The van der Waals surface area contributed by atoms with E-state index in [0.29, 0.717) is 19.0 Å². The molecule has 8 heteroatoms. The van der Waals surface area contributed by atoms with Crippen molar-refractivity contribution in [2.75, 3.05) is 20.8 Å². The number of nitrogens with zero attached hydrogens (tertiary/aromatic N) is 1. The van der Waals surface area contributed by atoms with Crippen LogP contribution in [0, 0.1) is 0 Å². The maximum Gasteiger partial charge on any atom is 0.422 e. The quantitative estimate of drug-likeness (QED) is 0.786. The summed E-state index contributed by atoms with van der Waals surface area (Å²) in [6.45, 7) is -0.251. The van der Waals surface area contributed by atoms with Gasteiger partial charge in [-0.2, -0.15) is 13.2 Å². The minimum Gasteiger partial charge on any atom is -0.493 e. The number of nitrogens with one attached hydrogen (secondary N) is 1. The number of rotatable bonds is 8. The number of alkyl halides is 3. The van der Waals surface area contributed by atoms with Gasteiger partial charge in [0.25, 0.3) is 0 Å². The second kappa shape index (κ2) is 8.57. The number of halogens is 3. The Morgan fingerprint density at radius 1 is 0.960 bits per heavy atom. The first-order chi connectivity index (χ1) is 11.9. The summed E-state index contributed by atoms with van der Waals surface area (Å²) in [5.74, 6) is 0.862. The van der Waals surface area contributed by atoms with E-state index in [9.17, 15) is 13.2 Å². The molecule has 25 heavy (non-hydrogen) atoms. The topological polar surface area (TPSA) is 52.6 Å². The average molecular weight is 356 g/mol. The molecule has 0 atom stereocenters. The Hall–Kier alpha value is -2.48. The largest absolute Gasteiger partial charge is 0.493 e. The summed E-state index contributed by atoms with van der Waals surface area (Å²) in [6.07, 6.45) is -2.68. The third kappa shape index (κ3) is 6.15. The van der Waals surface area contributed by atoms with Crippen molar-refractivity contribution in [1.82, 2.24) is 10.3 Å². The fourth-order valence-corrected chi connectivity index (χ4v) is 2.09. The molecule has 1 aromatic carbocycles. The first-order valence-corrected chi connectivity index (χ1v) is 7.47. The fourth-order valence-electron chi connectivity index (χ4n) is 2.09. The SMILES string of the molecule is COc1ccc(CNCc2ccc(OCC(F)(F)F)c(OC)c2)cn1. The summed E-state index contributed by atoms with van der Waals surface area (Å²) >= 11 is 0. The van der Waals surface area contributed by atoms with Crippen molar-refractivity contribution in [3.63, 3.8) is 0 Å². The van der Waals surface area contributed by atoms with Crippen LogP contribution in [0.4, 0.5) is 13.2 Å². The van der Waals surface area contributed by atoms with Gasteiger partial charge in [0.05, 0.1) is 14.2 Å². The number of pyridine rings is 1.